The number of hydrogen-bond acceptors (Lipinski definition) is 4. The maximum absolute atomic E-state index is 10.9. The van der Waals surface area contributed by atoms with Gasteiger partial charge in [-0.1, -0.05) is 55.7 Å². The molecule has 5 atom stereocenters. The van der Waals surface area contributed by atoms with Gasteiger partial charge in [-0.15, -0.1) is 0 Å². The Morgan fingerprint density at radius 1 is 0.968 bits per heavy atom. The normalized spacial score (nSPS) is 24.5. The van der Waals surface area contributed by atoms with Gasteiger partial charge in [-0.05, 0) is 72.8 Å². The van der Waals surface area contributed by atoms with Crippen LogP contribution in [0.2, 0.25) is 0 Å². The number of benzene rings is 2. The van der Waals surface area contributed by atoms with Crippen molar-refractivity contribution in [3.05, 3.63) is 47.5 Å². The molecular formula is C26H36O5. The molecule has 3 rings (SSSR count). The lowest BCUT2D eigenvalue weighted by molar-refractivity contribution is -0.137. The van der Waals surface area contributed by atoms with Crippen LogP contribution in [0, 0.1) is 18.8 Å². The highest BCUT2D eigenvalue weighted by atomic mass is 16.4. The van der Waals surface area contributed by atoms with Crippen LogP contribution >= 0.6 is 0 Å². The first-order chi connectivity index (χ1) is 14.9. The van der Waals surface area contributed by atoms with Crippen molar-refractivity contribution in [3.8, 4) is 0 Å². The van der Waals surface area contributed by atoms with Crippen molar-refractivity contribution in [2.24, 2.45) is 11.8 Å². The number of unbranched alkanes of at least 4 members (excludes halogenated alkanes) is 3. The SMILES string of the molecule is Cc1c(C(O)CCC2C(O)CC(O)C2CCCCCCC(=O)O)ccc2ccccc12. The van der Waals surface area contributed by atoms with Crippen LogP contribution in [-0.2, 0) is 4.79 Å². The Bertz CT molecular complexity index is 864. The lowest BCUT2D eigenvalue weighted by Gasteiger charge is -2.25. The fraction of sp³-hybridized carbons (Fsp3) is 0.577. The molecule has 0 bridgehead atoms. The Labute approximate surface area is 184 Å². The number of carboxylic acid groups (broad SMARTS) is 1. The summed E-state index contributed by atoms with van der Waals surface area (Å²) in [6.07, 6.45) is 4.49. The third-order valence-electron chi connectivity index (χ3n) is 7.07. The molecule has 2 aromatic rings. The van der Waals surface area contributed by atoms with E-state index in [4.69, 9.17) is 5.11 Å². The van der Waals surface area contributed by atoms with Gasteiger partial charge in [-0.2, -0.15) is 0 Å². The molecule has 5 unspecified atom stereocenters. The minimum absolute atomic E-state index is 0.00979. The van der Waals surface area contributed by atoms with Crippen LogP contribution in [0.1, 0.15) is 75.0 Å². The molecule has 0 saturated heterocycles. The molecule has 1 aliphatic carbocycles. The average Bonchev–Trinajstić information content (AvgIpc) is 3.01. The molecule has 1 fully saturated rings. The number of carbonyl (C=O) groups is 1. The van der Waals surface area contributed by atoms with Crippen LogP contribution in [0.5, 0.6) is 0 Å². The molecule has 5 nitrogen and oxygen atoms in total. The standard InChI is InChI=1S/C26H36O5/c1-17-19-9-7-6-8-18(19)12-13-20(17)23(27)15-14-22-21(24(28)16-25(22)29)10-4-2-3-5-11-26(30)31/h6-9,12-13,21-25,27-29H,2-5,10-11,14-16H2,1H3,(H,30,31). The summed E-state index contributed by atoms with van der Waals surface area (Å²) in [5, 5.41) is 42.9. The molecular weight excluding hydrogens is 392 g/mol. The van der Waals surface area contributed by atoms with Gasteiger partial charge < -0.3 is 20.4 Å². The largest absolute Gasteiger partial charge is 0.481 e. The number of aryl methyl sites for hydroxylation is 1. The second-order valence-corrected chi connectivity index (χ2v) is 9.14. The Hall–Kier alpha value is -1.95. The van der Waals surface area contributed by atoms with Crippen LogP contribution in [-0.4, -0.2) is 38.6 Å². The zero-order valence-corrected chi connectivity index (χ0v) is 18.4. The molecule has 0 amide bonds. The van der Waals surface area contributed by atoms with E-state index >= 15 is 0 Å². The smallest absolute Gasteiger partial charge is 0.303 e. The number of fused-ring (bicyclic) bond motifs is 1. The summed E-state index contributed by atoms with van der Waals surface area (Å²) in [7, 11) is 0. The topological polar surface area (TPSA) is 98.0 Å². The molecule has 0 heterocycles. The molecule has 1 aliphatic rings. The number of aliphatic hydroxyl groups excluding tert-OH is 3. The van der Waals surface area contributed by atoms with Crippen LogP contribution in [0.25, 0.3) is 10.8 Å². The Kier molecular flexibility index (Phi) is 8.47. The molecule has 2 aromatic carbocycles. The molecule has 0 spiro atoms. The van der Waals surface area contributed by atoms with E-state index in [-0.39, 0.29) is 18.3 Å². The molecule has 0 radical (unpaired) electrons. The van der Waals surface area contributed by atoms with Crippen molar-refractivity contribution in [2.75, 3.05) is 0 Å². The van der Waals surface area contributed by atoms with E-state index in [1.54, 1.807) is 0 Å². The number of aliphatic carboxylic acids is 1. The molecule has 170 valence electrons. The van der Waals surface area contributed by atoms with Crippen LogP contribution in [0.15, 0.2) is 36.4 Å². The number of carboxylic acids is 1. The highest BCUT2D eigenvalue weighted by molar-refractivity contribution is 5.86. The molecule has 1 saturated carbocycles. The van der Waals surface area contributed by atoms with Gasteiger partial charge in [-0.25, -0.2) is 0 Å². The van der Waals surface area contributed by atoms with Gasteiger partial charge in [0.2, 0.25) is 0 Å². The van der Waals surface area contributed by atoms with Crippen molar-refractivity contribution >= 4 is 16.7 Å². The van der Waals surface area contributed by atoms with Gasteiger partial charge in [0, 0.05) is 6.42 Å². The van der Waals surface area contributed by atoms with Crippen molar-refractivity contribution in [1.82, 2.24) is 0 Å². The zero-order valence-electron chi connectivity index (χ0n) is 18.4. The molecule has 31 heavy (non-hydrogen) atoms. The predicted octanol–water partition coefficient (Wildman–Crippen LogP) is 4.74. The minimum atomic E-state index is -0.755. The maximum Gasteiger partial charge on any atom is 0.303 e. The van der Waals surface area contributed by atoms with Gasteiger partial charge in [-0.3, -0.25) is 4.79 Å². The number of hydrogen-bond donors (Lipinski definition) is 4. The highest BCUT2D eigenvalue weighted by Gasteiger charge is 2.40. The third kappa shape index (κ3) is 6.06. The van der Waals surface area contributed by atoms with Crippen LogP contribution in [0.4, 0.5) is 0 Å². The lowest BCUT2D eigenvalue weighted by atomic mass is 9.84. The van der Waals surface area contributed by atoms with E-state index < -0.39 is 24.3 Å². The fourth-order valence-corrected chi connectivity index (χ4v) is 5.30. The van der Waals surface area contributed by atoms with Crippen molar-refractivity contribution in [2.45, 2.75) is 83.0 Å². The molecule has 0 aromatic heterocycles. The van der Waals surface area contributed by atoms with Gasteiger partial charge in [0.1, 0.15) is 0 Å². The maximum atomic E-state index is 10.9. The van der Waals surface area contributed by atoms with E-state index in [1.165, 1.54) is 0 Å². The van der Waals surface area contributed by atoms with Gasteiger partial charge in [0.25, 0.3) is 0 Å². The third-order valence-corrected chi connectivity index (χ3v) is 7.07. The quantitative estimate of drug-likeness (QED) is 0.387. The minimum Gasteiger partial charge on any atom is -0.481 e. The first-order valence-corrected chi connectivity index (χ1v) is 11.6. The van der Waals surface area contributed by atoms with Crippen molar-refractivity contribution < 1.29 is 25.2 Å². The summed E-state index contributed by atoms with van der Waals surface area (Å²) in [5.74, 6) is -0.724. The first kappa shape index (κ1) is 23.7. The van der Waals surface area contributed by atoms with E-state index in [9.17, 15) is 20.1 Å². The fourth-order valence-electron chi connectivity index (χ4n) is 5.30. The highest BCUT2D eigenvalue weighted by Crippen LogP contribution is 2.40. The Balaban J connectivity index is 1.55. The van der Waals surface area contributed by atoms with Gasteiger partial charge in [0.05, 0.1) is 18.3 Å². The van der Waals surface area contributed by atoms with E-state index in [0.29, 0.717) is 25.7 Å². The first-order valence-electron chi connectivity index (χ1n) is 11.6. The zero-order chi connectivity index (χ0) is 22.4. The number of aliphatic hydroxyl groups is 3. The summed E-state index contributed by atoms with van der Waals surface area (Å²) < 4.78 is 0. The second kappa shape index (κ2) is 11.1. The van der Waals surface area contributed by atoms with E-state index in [1.807, 2.05) is 31.2 Å². The summed E-state index contributed by atoms with van der Waals surface area (Å²) >= 11 is 0. The molecule has 5 heteroatoms. The lowest BCUT2D eigenvalue weighted by Crippen LogP contribution is -2.23. The van der Waals surface area contributed by atoms with E-state index in [0.717, 1.165) is 47.6 Å². The van der Waals surface area contributed by atoms with Crippen LogP contribution < -0.4 is 0 Å². The summed E-state index contributed by atoms with van der Waals surface area (Å²) in [4.78, 5) is 10.6. The summed E-state index contributed by atoms with van der Waals surface area (Å²) in [6, 6.07) is 12.2. The number of rotatable bonds is 11. The second-order valence-electron chi connectivity index (χ2n) is 9.14. The van der Waals surface area contributed by atoms with Crippen molar-refractivity contribution in [1.29, 1.82) is 0 Å². The molecule has 0 aliphatic heterocycles. The van der Waals surface area contributed by atoms with Gasteiger partial charge >= 0.3 is 5.97 Å². The molecule has 4 N–H and O–H groups in total. The van der Waals surface area contributed by atoms with Gasteiger partial charge in [0.15, 0.2) is 0 Å². The summed E-state index contributed by atoms with van der Waals surface area (Å²) in [6.45, 7) is 2.04. The van der Waals surface area contributed by atoms with E-state index in [2.05, 4.69) is 12.1 Å². The monoisotopic (exact) mass is 428 g/mol. The summed E-state index contributed by atoms with van der Waals surface area (Å²) in [5.41, 5.74) is 2.03. The van der Waals surface area contributed by atoms with Crippen LogP contribution in [0.3, 0.4) is 0 Å². The Morgan fingerprint density at radius 3 is 2.39 bits per heavy atom. The van der Waals surface area contributed by atoms with Crippen molar-refractivity contribution in [3.63, 3.8) is 0 Å². The Morgan fingerprint density at radius 2 is 1.65 bits per heavy atom. The average molecular weight is 429 g/mol. The predicted molar refractivity (Wildman–Crippen MR) is 122 cm³/mol.